The van der Waals surface area contributed by atoms with Crippen molar-refractivity contribution in [3.8, 4) is 22.5 Å². The van der Waals surface area contributed by atoms with Gasteiger partial charge in [-0.15, -0.1) is 0 Å². The molecule has 0 unspecified atom stereocenters. The number of carbonyl (C=O) groups excluding carboxylic acids is 2. The van der Waals surface area contributed by atoms with E-state index in [-0.39, 0.29) is 12.5 Å². The van der Waals surface area contributed by atoms with Crippen molar-refractivity contribution in [3.05, 3.63) is 83.7 Å². The van der Waals surface area contributed by atoms with E-state index in [1.54, 1.807) is 43.5 Å². The van der Waals surface area contributed by atoms with Gasteiger partial charge in [0.25, 0.3) is 11.8 Å². The Morgan fingerprint density at radius 2 is 1.78 bits per heavy atom. The number of hydrogen-bond acceptors (Lipinski definition) is 4. The first-order valence-corrected chi connectivity index (χ1v) is 11.3. The number of anilines is 1. The lowest BCUT2D eigenvalue weighted by molar-refractivity contribution is 0.0947. The SMILES string of the molecule is C=Cc1c(NC)c(-c2cccc(C(=O)NCCF)c2)cc2c(C(=O)NC)c(-c3ccc(F)cc3)oc12. The molecule has 0 aliphatic carbocycles. The molecule has 0 spiro atoms. The summed E-state index contributed by atoms with van der Waals surface area (Å²) in [7, 11) is 3.27. The zero-order chi connectivity index (χ0) is 25.8. The van der Waals surface area contributed by atoms with Crippen LogP contribution < -0.4 is 16.0 Å². The highest BCUT2D eigenvalue weighted by atomic mass is 19.1. The Hall–Kier alpha value is -4.46. The number of nitrogens with one attached hydrogen (secondary N) is 3. The lowest BCUT2D eigenvalue weighted by Crippen LogP contribution is -2.25. The summed E-state index contributed by atoms with van der Waals surface area (Å²) in [5, 5.41) is 8.89. The van der Waals surface area contributed by atoms with Crippen molar-refractivity contribution in [2.45, 2.75) is 0 Å². The Morgan fingerprint density at radius 1 is 1.03 bits per heavy atom. The van der Waals surface area contributed by atoms with Gasteiger partial charge in [0.05, 0.1) is 11.3 Å². The summed E-state index contributed by atoms with van der Waals surface area (Å²) >= 11 is 0. The van der Waals surface area contributed by atoms with Crippen LogP contribution in [0.4, 0.5) is 14.5 Å². The summed E-state index contributed by atoms with van der Waals surface area (Å²) in [5.74, 6) is -0.867. The molecule has 8 heteroatoms. The van der Waals surface area contributed by atoms with Gasteiger partial charge in [-0.05, 0) is 48.0 Å². The van der Waals surface area contributed by atoms with Gasteiger partial charge >= 0.3 is 0 Å². The maximum atomic E-state index is 13.6. The zero-order valence-electron chi connectivity index (χ0n) is 19.9. The van der Waals surface area contributed by atoms with Gasteiger partial charge in [0.15, 0.2) is 0 Å². The monoisotopic (exact) mass is 489 g/mol. The highest BCUT2D eigenvalue weighted by Crippen LogP contribution is 2.43. The molecule has 4 aromatic rings. The molecule has 2 amide bonds. The first-order chi connectivity index (χ1) is 17.4. The first kappa shape index (κ1) is 24.7. The highest BCUT2D eigenvalue weighted by Gasteiger charge is 2.26. The Balaban J connectivity index is 2.00. The predicted octanol–water partition coefficient (Wildman–Crippen LogP) is 5.65. The van der Waals surface area contributed by atoms with Crippen LogP contribution in [0.3, 0.4) is 0 Å². The summed E-state index contributed by atoms with van der Waals surface area (Å²) in [6, 6.07) is 14.4. The second kappa shape index (κ2) is 10.4. The van der Waals surface area contributed by atoms with Crippen molar-refractivity contribution < 1.29 is 22.8 Å². The van der Waals surface area contributed by atoms with Crippen LogP contribution in [-0.4, -0.2) is 39.1 Å². The minimum absolute atomic E-state index is 0.0753. The topological polar surface area (TPSA) is 83.4 Å². The van der Waals surface area contributed by atoms with Crippen LogP contribution in [0.2, 0.25) is 0 Å². The summed E-state index contributed by atoms with van der Waals surface area (Å²) in [6.07, 6.45) is 1.63. The molecule has 3 N–H and O–H groups in total. The first-order valence-electron chi connectivity index (χ1n) is 11.3. The van der Waals surface area contributed by atoms with E-state index in [4.69, 9.17) is 4.42 Å². The molecular formula is C28H25F2N3O3. The molecule has 184 valence electrons. The molecular weight excluding hydrogens is 464 g/mol. The average molecular weight is 490 g/mol. The van der Waals surface area contributed by atoms with Gasteiger partial charge in [0.2, 0.25) is 0 Å². The summed E-state index contributed by atoms with van der Waals surface area (Å²) in [5.41, 5.74) is 4.35. The van der Waals surface area contributed by atoms with E-state index >= 15 is 0 Å². The number of amides is 2. The second-order valence-electron chi connectivity index (χ2n) is 7.96. The smallest absolute Gasteiger partial charge is 0.255 e. The summed E-state index contributed by atoms with van der Waals surface area (Å²) in [4.78, 5) is 25.5. The number of furan rings is 1. The number of halogens is 2. The minimum Gasteiger partial charge on any atom is -0.454 e. The zero-order valence-corrected chi connectivity index (χ0v) is 19.9. The van der Waals surface area contributed by atoms with E-state index in [2.05, 4.69) is 22.5 Å². The standard InChI is InChI=1S/C28H25F2N3O3/c1-4-20-24(31-2)21(17-6-5-7-18(14-17)27(34)33-13-12-29)15-22-23(28(35)32-3)25(36-26(20)22)16-8-10-19(30)11-9-16/h4-11,14-15,31H,1,12-13H2,2-3H3,(H,32,35)(H,33,34). The van der Waals surface area contributed by atoms with E-state index in [9.17, 15) is 18.4 Å². The fraction of sp³-hybridized carbons (Fsp3) is 0.143. The van der Waals surface area contributed by atoms with Crippen molar-refractivity contribution in [2.24, 2.45) is 0 Å². The number of benzene rings is 3. The molecule has 4 rings (SSSR count). The van der Waals surface area contributed by atoms with Gasteiger partial charge in [-0.2, -0.15) is 0 Å². The highest BCUT2D eigenvalue weighted by molar-refractivity contribution is 6.15. The maximum absolute atomic E-state index is 13.6. The molecule has 0 aliphatic heterocycles. The fourth-order valence-corrected chi connectivity index (χ4v) is 4.19. The molecule has 0 saturated heterocycles. The van der Waals surface area contributed by atoms with E-state index < -0.39 is 18.4 Å². The van der Waals surface area contributed by atoms with E-state index in [1.165, 1.54) is 19.2 Å². The number of alkyl halides is 1. The lowest BCUT2D eigenvalue weighted by Gasteiger charge is -2.15. The third-order valence-electron chi connectivity index (χ3n) is 5.85. The Bertz CT molecular complexity index is 1460. The molecule has 0 radical (unpaired) electrons. The van der Waals surface area contributed by atoms with Crippen molar-refractivity contribution in [1.29, 1.82) is 0 Å². The van der Waals surface area contributed by atoms with Crippen LogP contribution in [0.5, 0.6) is 0 Å². The largest absolute Gasteiger partial charge is 0.454 e. The molecule has 0 atom stereocenters. The van der Waals surface area contributed by atoms with Gasteiger partial charge in [0, 0.05) is 48.3 Å². The molecule has 0 fully saturated rings. The third-order valence-corrected chi connectivity index (χ3v) is 5.85. The van der Waals surface area contributed by atoms with E-state index in [0.717, 1.165) is 0 Å². The van der Waals surface area contributed by atoms with Crippen LogP contribution in [0.1, 0.15) is 26.3 Å². The molecule has 6 nitrogen and oxygen atoms in total. The molecule has 36 heavy (non-hydrogen) atoms. The van der Waals surface area contributed by atoms with E-state index in [1.807, 2.05) is 12.1 Å². The summed E-state index contributed by atoms with van der Waals surface area (Å²) in [6.45, 7) is 3.21. The molecule has 1 aromatic heterocycles. The Kier molecular flexibility index (Phi) is 7.15. The quantitative estimate of drug-likeness (QED) is 0.299. The normalized spacial score (nSPS) is 10.8. The number of carbonyl (C=O) groups is 2. The molecule has 3 aromatic carbocycles. The van der Waals surface area contributed by atoms with Crippen molar-refractivity contribution in [1.82, 2.24) is 10.6 Å². The Labute approximate surface area is 207 Å². The molecule has 0 saturated carbocycles. The van der Waals surface area contributed by atoms with Crippen LogP contribution in [-0.2, 0) is 0 Å². The van der Waals surface area contributed by atoms with Crippen molar-refractivity contribution in [2.75, 3.05) is 32.6 Å². The lowest BCUT2D eigenvalue weighted by atomic mass is 9.94. The molecule has 1 heterocycles. The van der Waals surface area contributed by atoms with Gasteiger partial charge in [-0.1, -0.05) is 24.8 Å². The van der Waals surface area contributed by atoms with Crippen molar-refractivity contribution in [3.63, 3.8) is 0 Å². The van der Waals surface area contributed by atoms with Crippen molar-refractivity contribution >= 4 is 34.5 Å². The number of rotatable bonds is 8. The van der Waals surface area contributed by atoms with Crippen LogP contribution >= 0.6 is 0 Å². The summed E-state index contributed by atoms with van der Waals surface area (Å²) < 4.78 is 32.3. The van der Waals surface area contributed by atoms with Crippen LogP contribution in [0.25, 0.3) is 39.5 Å². The third kappa shape index (κ3) is 4.45. The van der Waals surface area contributed by atoms with Crippen LogP contribution in [0.15, 0.2) is 65.6 Å². The minimum atomic E-state index is -0.659. The van der Waals surface area contributed by atoms with Gasteiger partial charge in [0.1, 0.15) is 23.8 Å². The molecule has 0 aliphatic rings. The predicted molar refractivity (Wildman–Crippen MR) is 138 cm³/mol. The van der Waals surface area contributed by atoms with Gasteiger partial charge in [-0.3, -0.25) is 9.59 Å². The Morgan fingerprint density at radius 3 is 2.42 bits per heavy atom. The fourth-order valence-electron chi connectivity index (χ4n) is 4.19. The average Bonchev–Trinajstić information content (AvgIpc) is 3.29. The number of hydrogen-bond donors (Lipinski definition) is 3. The van der Waals surface area contributed by atoms with Gasteiger partial charge < -0.3 is 20.4 Å². The maximum Gasteiger partial charge on any atom is 0.255 e. The number of fused-ring (bicyclic) bond motifs is 1. The van der Waals surface area contributed by atoms with E-state index in [0.29, 0.717) is 55.8 Å². The second-order valence-corrected chi connectivity index (χ2v) is 7.96. The van der Waals surface area contributed by atoms with Gasteiger partial charge in [-0.25, -0.2) is 8.78 Å². The van der Waals surface area contributed by atoms with Crippen LogP contribution in [0, 0.1) is 5.82 Å². The molecule has 0 bridgehead atoms.